The van der Waals surface area contributed by atoms with Gasteiger partial charge in [-0.25, -0.2) is 4.39 Å². The van der Waals surface area contributed by atoms with Crippen molar-refractivity contribution < 1.29 is 14.2 Å². The van der Waals surface area contributed by atoms with Gasteiger partial charge in [-0.15, -0.1) is 0 Å². The molecule has 1 aromatic rings. The van der Waals surface area contributed by atoms with Crippen LogP contribution in [0.5, 0.6) is 5.75 Å². The van der Waals surface area contributed by atoms with Crippen molar-refractivity contribution in [3.05, 3.63) is 29.6 Å². The second kappa shape index (κ2) is 5.68. The molecule has 0 fully saturated rings. The van der Waals surface area contributed by atoms with Crippen LogP contribution in [0.4, 0.5) is 4.39 Å². The molecule has 0 bridgehead atoms. The van der Waals surface area contributed by atoms with E-state index < -0.39 is 5.82 Å². The topological polar surface area (TPSA) is 55.5 Å². The summed E-state index contributed by atoms with van der Waals surface area (Å²) < 4.78 is 18.2. The van der Waals surface area contributed by atoms with Gasteiger partial charge in [-0.2, -0.15) is 0 Å². The first-order valence-electron chi connectivity index (χ1n) is 4.87. The summed E-state index contributed by atoms with van der Waals surface area (Å²) in [5.41, 5.74) is 6.34. The molecule has 0 radical (unpaired) electrons. The van der Waals surface area contributed by atoms with E-state index in [1.165, 1.54) is 13.2 Å². The van der Waals surface area contributed by atoms with Crippen LogP contribution < -0.4 is 10.5 Å². The minimum Gasteiger partial charge on any atom is -0.494 e. The summed E-state index contributed by atoms with van der Waals surface area (Å²) in [7, 11) is 1.42. The summed E-state index contributed by atoms with van der Waals surface area (Å²) in [6, 6.07) is 4.76. The summed E-state index contributed by atoms with van der Waals surface area (Å²) >= 11 is 0. The molecule has 0 heterocycles. The van der Waals surface area contributed by atoms with Gasteiger partial charge in [0.15, 0.2) is 11.6 Å². The highest BCUT2D eigenvalue weighted by molar-refractivity contribution is 5.31. The van der Waals surface area contributed by atoms with Crippen LogP contribution in [0.2, 0.25) is 0 Å². The van der Waals surface area contributed by atoms with Crippen LogP contribution >= 0.6 is 0 Å². The molecule has 0 amide bonds. The molecule has 1 unspecified atom stereocenters. The fourth-order valence-corrected chi connectivity index (χ4v) is 1.51. The zero-order valence-corrected chi connectivity index (χ0v) is 8.74. The highest BCUT2D eigenvalue weighted by atomic mass is 19.1. The van der Waals surface area contributed by atoms with Gasteiger partial charge < -0.3 is 15.6 Å². The fraction of sp³-hybridized carbons (Fsp3) is 0.455. The molecule has 0 saturated heterocycles. The molecule has 0 spiro atoms. The lowest BCUT2D eigenvalue weighted by Gasteiger charge is -2.14. The van der Waals surface area contributed by atoms with Crippen molar-refractivity contribution in [3.63, 3.8) is 0 Å². The Morgan fingerprint density at radius 2 is 2.27 bits per heavy atom. The fourth-order valence-electron chi connectivity index (χ4n) is 1.51. The van der Waals surface area contributed by atoms with E-state index in [4.69, 9.17) is 15.6 Å². The first-order valence-corrected chi connectivity index (χ1v) is 4.87. The molecule has 0 saturated carbocycles. The van der Waals surface area contributed by atoms with E-state index in [1.807, 2.05) is 0 Å². The number of hydrogen-bond acceptors (Lipinski definition) is 3. The highest BCUT2D eigenvalue weighted by Gasteiger charge is 2.11. The molecule has 4 heteroatoms. The van der Waals surface area contributed by atoms with Gasteiger partial charge in [0.05, 0.1) is 7.11 Å². The SMILES string of the molecule is COc1ccc(C(CN)CCO)cc1F. The molecule has 1 atom stereocenters. The van der Waals surface area contributed by atoms with Crippen LogP contribution in [-0.2, 0) is 0 Å². The van der Waals surface area contributed by atoms with Crippen LogP contribution in [0, 0.1) is 5.82 Å². The van der Waals surface area contributed by atoms with Crippen LogP contribution in [0.25, 0.3) is 0 Å². The number of aliphatic hydroxyl groups excluding tert-OH is 1. The van der Waals surface area contributed by atoms with Crippen molar-refractivity contribution in [3.8, 4) is 5.75 Å². The number of aliphatic hydroxyl groups is 1. The van der Waals surface area contributed by atoms with Crippen LogP contribution in [0.15, 0.2) is 18.2 Å². The second-order valence-corrected chi connectivity index (χ2v) is 3.34. The van der Waals surface area contributed by atoms with Gasteiger partial charge in [0.1, 0.15) is 0 Å². The van der Waals surface area contributed by atoms with E-state index >= 15 is 0 Å². The molecule has 84 valence electrons. The van der Waals surface area contributed by atoms with Crippen LogP contribution in [-0.4, -0.2) is 25.4 Å². The standard InChI is InChI=1S/C11H16FNO2/c1-15-11-3-2-8(6-10(11)12)9(7-13)4-5-14/h2-3,6,9,14H,4-5,7,13H2,1H3. The Labute approximate surface area is 88.7 Å². The van der Waals surface area contributed by atoms with Crippen molar-refractivity contribution >= 4 is 0 Å². The van der Waals surface area contributed by atoms with Gasteiger partial charge in [0.25, 0.3) is 0 Å². The monoisotopic (exact) mass is 213 g/mol. The average molecular weight is 213 g/mol. The third-order valence-electron chi connectivity index (χ3n) is 2.41. The van der Waals surface area contributed by atoms with Crippen molar-refractivity contribution in [2.24, 2.45) is 5.73 Å². The molecule has 3 nitrogen and oxygen atoms in total. The number of rotatable bonds is 5. The van der Waals surface area contributed by atoms with Gasteiger partial charge in [-0.05, 0) is 36.6 Å². The summed E-state index contributed by atoms with van der Waals surface area (Å²) in [5, 5.41) is 8.83. The third-order valence-corrected chi connectivity index (χ3v) is 2.41. The van der Waals surface area contributed by atoms with E-state index in [0.717, 1.165) is 5.56 Å². The molecule has 0 aliphatic heterocycles. The molecule has 3 N–H and O–H groups in total. The lowest BCUT2D eigenvalue weighted by molar-refractivity contribution is 0.276. The Kier molecular flexibility index (Phi) is 4.52. The number of nitrogens with two attached hydrogens (primary N) is 1. The lowest BCUT2D eigenvalue weighted by atomic mass is 9.96. The molecule has 1 rings (SSSR count). The summed E-state index contributed by atoms with van der Waals surface area (Å²) in [5.74, 6) is -0.180. The number of halogens is 1. The molecule has 15 heavy (non-hydrogen) atoms. The largest absolute Gasteiger partial charge is 0.494 e. The van der Waals surface area contributed by atoms with E-state index in [1.54, 1.807) is 12.1 Å². The van der Waals surface area contributed by atoms with Gasteiger partial charge >= 0.3 is 0 Å². The minimum absolute atomic E-state index is 0.00425. The first-order chi connectivity index (χ1) is 7.22. The van der Waals surface area contributed by atoms with Crippen molar-refractivity contribution in [2.75, 3.05) is 20.3 Å². The molecule has 0 aromatic heterocycles. The van der Waals surface area contributed by atoms with Crippen molar-refractivity contribution in [1.82, 2.24) is 0 Å². The zero-order chi connectivity index (χ0) is 11.3. The molecular weight excluding hydrogens is 197 g/mol. The summed E-state index contributed by atoms with van der Waals surface area (Å²) in [6.45, 7) is 0.446. The highest BCUT2D eigenvalue weighted by Crippen LogP contribution is 2.24. The van der Waals surface area contributed by atoms with Crippen LogP contribution in [0.1, 0.15) is 17.9 Å². The van der Waals surface area contributed by atoms with E-state index in [-0.39, 0.29) is 18.3 Å². The van der Waals surface area contributed by atoms with Crippen LogP contribution in [0.3, 0.4) is 0 Å². The second-order valence-electron chi connectivity index (χ2n) is 3.34. The molecule has 0 aliphatic carbocycles. The number of hydrogen-bond donors (Lipinski definition) is 2. The van der Waals surface area contributed by atoms with Gasteiger partial charge in [0, 0.05) is 6.61 Å². The summed E-state index contributed by atoms with van der Waals surface area (Å²) in [6.07, 6.45) is 0.544. The number of methoxy groups -OCH3 is 1. The maximum absolute atomic E-state index is 13.4. The minimum atomic E-state index is -0.397. The van der Waals surface area contributed by atoms with Crippen molar-refractivity contribution in [1.29, 1.82) is 0 Å². The van der Waals surface area contributed by atoms with Gasteiger partial charge in [-0.3, -0.25) is 0 Å². The summed E-state index contributed by atoms with van der Waals surface area (Å²) in [4.78, 5) is 0. The smallest absolute Gasteiger partial charge is 0.165 e. The Hall–Kier alpha value is -1.13. The molecule has 1 aromatic carbocycles. The Bertz CT molecular complexity index is 317. The van der Waals surface area contributed by atoms with Gasteiger partial charge in [-0.1, -0.05) is 6.07 Å². The zero-order valence-electron chi connectivity index (χ0n) is 8.74. The normalized spacial score (nSPS) is 12.5. The third kappa shape index (κ3) is 2.91. The predicted molar refractivity (Wildman–Crippen MR) is 56.5 cm³/mol. The van der Waals surface area contributed by atoms with E-state index in [2.05, 4.69) is 0 Å². The average Bonchev–Trinajstić information content (AvgIpc) is 2.25. The molecule has 0 aliphatic rings. The Morgan fingerprint density at radius 3 is 2.73 bits per heavy atom. The Morgan fingerprint density at radius 1 is 1.53 bits per heavy atom. The lowest BCUT2D eigenvalue weighted by Crippen LogP contribution is -2.14. The molecular formula is C11H16FNO2. The van der Waals surface area contributed by atoms with E-state index in [0.29, 0.717) is 13.0 Å². The van der Waals surface area contributed by atoms with Gasteiger partial charge in [0.2, 0.25) is 0 Å². The predicted octanol–water partition coefficient (Wildman–Crippen LogP) is 1.26. The maximum atomic E-state index is 13.4. The quantitative estimate of drug-likeness (QED) is 0.774. The van der Waals surface area contributed by atoms with Crippen molar-refractivity contribution in [2.45, 2.75) is 12.3 Å². The maximum Gasteiger partial charge on any atom is 0.165 e. The number of ether oxygens (including phenoxy) is 1. The first kappa shape index (κ1) is 11.9. The Balaban J connectivity index is 2.89. The van der Waals surface area contributed by atoms with E-state index in [9.17, 15) is 4.39 Å². The number of benzene rings is 1.